The largest absolute Gasteiger partial charge is 0.395 e. The summed E-state index contributed by atoms with van der Waals surface area (Å²) >= 11 is 0. The van der Waals surface area contributed by atoms with Gasteiger partial charge in [0.1, 0.15) is 5.84 Å². The molecule has 0 radical (unpaired) electrons. The lowest BCUT2D eigenvalue weighted by Gasteiger charge is -2.27. The van der Waals surface area contributed by atoms with Crippen molar-refractivity contribution >= 4 is 11.5 Å². The van der Waals surface area contributed by atoms with Crippen LogP contribution < -0.4 is 10.6 Å². The highest BCUT2D eigenvalue weighted by Gasteiger charge is 2.18. The molecule has 4 nitrogen and oxygen atoms in total. The molecule has 0 aliphatic rings. The lowest BCUT2D eigenvalue weighted by molar-refractivity contribution is 0.152. The molecule has 0 amide bonds. The van der Waals surface area contributed by atoms with Gasteiger partial charge in [-0.05, 0) is 18.6 Å². The molecule has 6 heteroatoms. The first-order chi connectivity index (χ1) is 8.47. The minimum absolute atomic E-state index is 0.0788. The lowest BCUT2D eigenvalue weighted by atomic mass is 10.1. The zero-order chi connectivity index (χ0) is 13.7. The zero-order valence-corrected chi connectivity index (χ0v) is 10.2. The van der Waals surface area contributed by atoms with Crippen LogP contribution in [0.25, 0.3) is 0 Å². The third kappa shape index (κ3) is 3.40. The molecule has 0 bridgehead atoms. The Morgan fingerprint density at radius 2 is 2.17 bits per heavy atom. The van der Waals surface area contributed by atoms with E-state index < -0.39 is 13.0 Å². The molecule has 18 heavy (non-hydrogen) atoms. The number of aliphatic hydroxyl groups is 1. The van der Waals surface area contributed by atoms with Gasteiger partial charge >= 0.3 is 0 Å². The fourth-order valence-corrected chi connectivity index (χ4v) is 1.88. The van der Waals surface area contributed by atoms with Gasteiger partial charge in [0.25, 0.3) is 6.43 Å². The van der Waals surface area contributed by atoms with Gasteiger partial charge in [0.2, 0.25) is 0 Å². The number of hydrogen-bond acceptors (Lipinski definition) is 3. The first kappa shape index (κ1) is 14.4. The number of rotatable bonds is 6. The van der Waals surface area contributed by atoms with Gasteiger partial charge in [0.15, 0.2) is 0 Å². The minimum Gasteiger partial charge on any atom is -0.395 e. The second kappa shape index (κ2) is 6.30. The van der Waals surface area contributed by atoms with Crippen LogP contribution in [0.5, 0.6) is 0 Å². The highest BCUT2D eigenvalue weighted by Crippen LogP contribution is 2.25. The van der Waals surface area contributed by atoms with Gasteiger partial charge < -0.3 is 15.7 Å². The molecule has 0 spiro atoms. The third-order valence-corrected chi connectivity index (χ3v) is 2.57. The molecule has 1 rings (SSSR count). The number of nitrogens with one attached hydrogen (secondary N) is 1. The van der Waals surface area contributed by atoms with Crippen molar-refractivity contribution < 1.29 is 13.9 Å². The van der Waals surface area contributed by atoms with Crippen LogP contribution in [0.3, 0.4) is 0 Å². The number of anilines is 1. The second-order valence-electron chi connectivity index (χ2n) is 3.95. The smallest absolute Gasteiger partial charge is 0.255 e. The summed E-state index contributed by atoms with van der Waals surface area (Å²) in [4.78, 5) is 1.36. The molecular weight excluding hydrogens is 240 g/mol. The Morgan fingerprint density at radius 3 is 2.67 bits per heavy atom. The predicted molar refractivity (Wildman–Crippen MR) is 67.5 cm³/mol. The minimum atomic E-state index is -2.52. The van der Waals surface area contributed by atoms with E-state index in [-0.39, 0.29) is 19.0 Å². The van der Waals surface area contributed by atoms with Crippen LogP contribution in [0.15, 0.2) is 18.2 Å². The molecule has 0 saturated heterocycles. The van der Waals surface area contributed by atoms with Crippen molar-refractivity contribution in [2.75, 3.05) is 24.6 Å². The quantitative estimate of drug-likeness (QED) is 0.532. The number of halogens is 2. The van der Waals surface area contributed by atoms with E-state index in [1.807, 2.05) is 0 Å². The SMILES string of the molecule is Cc1cccc(C(=N)N)c1N(CCO)CC(F)F. The van der Waals surface area contributed by atoms with Gasteiger partial charge in [-0.3, -0.25) is 5.41 Å². The van der Waals surface area contributed by atoms with Crippen LogP contribution in [-0.4, -0.2) is 37.1 Å². The fraction of sp³-hybridized carbons (Fsp3) is 0.417. The summed E-state index contributed by atoms with van der Waals surface area (Å²) in [5.41, 5.74) is 7.09. The monoisotopic (exact) mass is 257 g/mol. The van der Waals surface area contributed by atoms with Crippen LogP contribution in [0.1, 0.15) is 11.1 Å². The van der Waals surface area contributed by atoms with Gasteiger partial charge in [-0.15, -0.1) is 0 Å². The van der Waals surface area contributed by atoms with Gasteiger partial charge in [0.05, 0.1) is 18.8 Å². The Hall–Kier alpha value is -1.69. The van der Waals surface area contributed by atoms with Crippen molar-refractivity contribution in [1.29, 1.82) is 5.41 Å². The average Bonchev–Trinajstić information content (AvgIpc) is 2.27. The van der Waals surface area contributed by atoms with Gasteiger partial charge in [0, 0.05) is 12.1 Å². The molecular formula is C12H17F2N3O. The Labute approximate surface area is 105 Å². The summed E-state index contributed by atoms with van der Waals surface area (Å²) in [5, 5.41) is 16.4. The van der Waals surface area contributed by atoms with Gasteiger partial charge in [-0.25, -0.2) is 8.78 Å². The molecule has 0 fully saturated rings. The lowest BCUT2D eigenvalue weighted by Crippen LogP contribution is -2.34. The Kier molecular flexibility index (Phi) is 5.03. The number of alkyl halides is 2. The van der Waals surface area contributed by atoms with Crippen LogP contribution in [0.2, 0.25) is 0 Å². The highest BCUT2D eigenvalue weighted by atomic mass is 19.3. The van der Waals surface area contributed by atoms with E-state index in [2.05, 4.69) is 0 Å². The Bertz CT molecular complexity index is 424. The number of benzene rings is 1. The molecule has 0 aromatic heterocycles. The second-order valence-corrected chi connectivity index (χ2v) is 3.95. The first-order valence-electron chi connectivity index (χ1n) is 5.55. The highest BCUT2D eigenvalue weighted by molar-refractivity contribution is 6.01. The van der Waals surface area contributed by atoms with E-state index in [4.69, 9.17) is 16.2 Å². The number of nitrogen functional groups attached to an aromatic ring is 1. The van der Waals surface area contributed by atoms with E-state index in [0.29, 0.717) is 11.3 Å². The maximum atomic E-state index is 12.6. The number of aryl methyl sites for hydroxylation is 1. The predicted octanol–water partition coefficient (Wildman–Crippen LogP) is 1.34. The van der Waals surface area contributed by atoms with Crippen molar-refractivity contribution in [3.63, 3.8) is 0 Å². The van der Waals surface area contributed by atoms with E-state index in [1.54, 1.807) is 25.1 Å². The van der Waals surface area contributed by atoms with Crippen LogP contribution in [0, 0.1) is 12.3 Å². The molecule has 0 aliphatic carbocycles. The van der Waals surface area contributed by atoms with Crippen molar-refractivity contribution in [3.05, 3.63) is 29.3 Å². The van der Waals surface area contributed by atoms with Crippen molar-refractivity contribution in [3.8, 4) is 0 Å². The van der Waals surface area contributed by atoms with E-state index in [1.165, 1.54) is 4.90 Å². The summed E-state index contributed by atoms with van der Waals surface area (Å²) in [6.45, 7) is 1.11. The number of amidine groups is 1. The molecule has 1 aromatic rings. The molecule has 0 heterocycles. The molecule has 0 saturated carbocycles. The summed E-state index contributed by atoms with van der Waals surface area (Å²) in [5.74, 6) is -0.175. The number of nitrogens with zero attached hydrogens (tertiary/aromatic N) is 1. The normalized spacial score (nSPS) is 10.7. The van der Waals surface area contributed by atoms with Crippen molar-refractivity contribution in [2.24, 2.45) is 5.73 Å². The summed E-state index contributed by atoms with van der Waals surface area (Å²) in [6, 6.07) is 5.09. The summed E-state index contributed by atoms with van der Waals surface area (Å²) in [7, 11) is 0. The standard InChI is InChI=1S/C12H17F2N3O/c1-8-3-2-4-9(12(15)16)11(8)17(5-6-18)7-10(13)14/h2-4,10,18H,5-7H2,1H3,(H3,15,16). The van der Waals surface area contributed by atoms with Gasteiger partial charge in [-0.2, -0.15) is 0 Å². The molecule has 0 aliphatic heterocycles. The number of nitrogens with two attached hydrogens (primary N) is 1. The topological polar surface area (TPSA) is 73.3 Å². The Balaban J connectivity index is 3.20. The third-order valence-electron chi connectivity index (χ3n) is 2.57. The van der Waals surface area contributed by atoms with Crippen LogP contribution in [0.4, 0.5) is 14.5 Å². The van der Waals surface area contributed by atoms with E-state index >= 15 is 0 Å². The molecule has 0 unspecified atom stereocenters. The van der Waals surface area contributed by atoms with Crippen molar-refractivity contribution in [2.45, 2.75) is 13.3 Å². The first-order valence-corrected chi connectivity index (χ1v) is 5.55. The number of aliphatic hydroxyl groups excluding tert-OH is 1. The molecule has 1 aromatic carbocycles. The maximum absolute atomic E-state index is 12.6. The summed E-state index contributed by atoms with van der Waals surface area (Å²) < 4.78 is 25.1. The molecule has 0 atom stereocenters. The van der Waals surface area contributed by atoms with Crippen LogP contribution >= 0.6 is 0 Å². The number of para-hydroxylation sites is 1. The maximum Gasteiger partial charge on any atom is 0.255 e. The van der Waals surface area contributed by atoms with Crippen LogP contribution in [-0.2, 0) is 0 Å². The fourth-order valence-electron chi connectivity index (χ4n) is 1.88. The number of hydrogen-bond donors (Lipinski definition) is 3. The van der Waals surface area contributed by atoms with E-state index in [0.717, 1.165) is 5.56 Å². The van der Waals surface area contributed by atoms with E-state index in [9.17, 15) is 8.78 Å². The Morgan fingerprint density at radius 1 is 1.50 bits per heavy atom. The molecule has 4 N–H and O–H groups in total. The van der Waals surface area contributed by atoms with Crippen molar-refractivity contribution in [1.82, 2.24) is 0 Å². The van der Waals surface area contributed by atoms with Gasteiger partial charge in [-0.1, -0.05) is 12.1 Å². The summed E-state index contributed by atoms with van der Waals surface area (Å²) in [6.07, 6.45) is -2.52. The molecule has 100 valence electrons. The average molecular weight is 257 g/mol. The zero-order valence-electron chi connectivity index (χ0n) is 10.2.